The van der Waals surface area contributed by atoms with Crippen LogP contribution in [0.25, 0.3) is 0 Å². The molecule has 4 rings (SSSR count). The number of halogens is 1. The van der Waals surface area contributed by atoms with Crippen molar-refractivity contribution in [3.05, 3.63) is 24.2 Å². The number of rotatable bonds is 5. The Balaban J connectivity index is 0.00000210. The van der Waals surface area contributed by atoms with Gasteiger partial charge in [-0.1, -0.05) is 19.3 Å². The summed E-state index contributed by atoms with van der Waals surface area (Å²) in [6.45, 7) is 0.773. The van der Waals surface area contributed by atoms with Crippen LogP contribution in [0.4, 0.5) is 0 Å². The molecule has 2 atom stereocenters. The molecule has 3 aliphatic rings. The van der Waals surface area contributed by atoms with E-state index in [9.17, 15) is 0 Å². The Hall–Kier alpha value is -0.760. The molecule has 2 bridgehead atoms. The van der Waals surface area contributed by atoms with Crippen molar-refractivity contribution in [3.63, 3.8) is 0 Å². The van der Waals surface area contributed by atoms with Gasteiger partial charge in [0.05, 0.1) is 6.26 Å². The summed E-state index contributed by atoms with van der Waals surface area (Å²) < 4.78 is 5.45. The molecule has 3 heterocycles. The molecule has 0 aromatic carbocycles. The molecule has 27 heavy (non-hydrogen) atoms. The van der Waals surface area contributed by atoms with Crippen molar-refractivity contribution >= 4 is 29.9 Å². The van der Waals surface area contributed by atoms with E-state index in [0.717, 1.165) is 36.8 Å². The monoisotopic (exact) mass is 486 g/mol. The normalized spacial score (nSPS) is 29.4. The van der Waals surface area contributed by atoms with Gasteiger partial charge in [0.1, 0.15) is 5.76 Å². The maximum Gasteiger partial charge on any atom is 0.191 e. The highest BCUT2D eigenvalue weighted by molar-refractivity contribution is 14.0. The Morgan fingerprint density at radius 2 is 1.78 bits per heavy atom. The van der Waals surface area contributed by atoms with E-state index < -0.39 is 0 Å². The minimum Gasteiger partial charge on any atom is -0.469 e. The first kappa shape index (κ1) is 21.0. The highest BCUT2D eigenvalue weighted by Crippen LogP contribution is 2.32. The molecule has 0 spiro atoms. The maximum atomic E-state index is 5.45. The summed E-state index contributed by atoms with van der Waals surface area (Å²) in [4.78, 5) is 7.51. The van der Waals surface area contributed by atoms with E-state index in [4.69, 9.17) is 9.41 Å². The summed E-state index contributed by atoms with van der Waals surface area (Å²) in [7, 11) is 2.32. The third-order valence-electron chi connectivity index (χ3n) is 6.58. The smallest absolute Gasteiger partial charge is 0.191 e. The molecule has 2 aliphatic heterocycles. The fourth-order valence-electron chi connectivity index (χ4n) is 5.06. The summed E-state index contributed by atoms with van der Waals surface area (Å²) in [5.74, 6) is 2.04. The van der Waals surface area contributed by atoms with Gasteiger partial charge in [0, 0.05) is 37.1 Å². The molecule has 152 valence electrons. The number of fused-ring (bicyclic) bond motifs is 2. The Morgan fingerprint density at radius 3 is 2.44 bits per heavy atom. The zero-order valence-electron chi connectivity index (χ0n) is 16.5. The van der Waals surface area contributed by atoms with Gasteiger partial charge in [0.15, 0.2) is 5.96 Å². The van der Waals surface area contributed by atoms with Gasteiger partial charge in [-0.05, 0) is 57.7 Å². The van der Waals surface area contributed by atoms with Crippen molar-refractivity contribution in [2.45, 2.75) is 88.4 Å². The van der Waals surface area contributed by atoms with Crippen molar-refractivity contribution in [2.24, 2.45) is 4.99 Å². The average Bonchev–Trinajstić information content (AvgIpc) is 3.29. The van der Waals surface area contributed by atoms with Crippen LogP contribution in [-0.4, -0.2) is 48.6 Å². The van der Waals surface area contributed by atoms with Gasteiger partial charge in [-0.15, -0.1) is 24.0 Å². The first-order valence-corrected chi connectivity index (χ1v) is 10.6. The zero-order chi connectivity index (χ0) is 17.8. The summed E-state index contributed by atoms with van der Waals surface area (Å²) >= 11 is 0. The van der Waals surface area contributed by atoms with Crippen molar-refractivity contribution in [3.8, 4) is 0 Å². The van der Waals surface area contributed by atoms with Crippen LogP contribution in [0.5, 0.6) is 0 Å². The molecule has 2 N–H and O–H groups in total. The first-order valence-electron chi connectivity index (χ1n) is 10.6. The van der Waals surface area contributed by atoms with E-state index in [-0.39, 0.29) is 24.0 Å². The van der Waals surface area contributed by atoms with Crippen LogP contribution in [0.2, 0.25) is 0 Å². The van der Waals surface area contributed by atoms with Crippen LogP contribution < -0.4 is 10.6 Å². The average molecular weight is 486 g/mol. The van der Waals surface area contributed by atoms with Crippen molar-refractivity contribution in [2.75, 3.05) is 13.6 Å². The molecule has 6 heteroatoms. The first-order chi connectivity index (χ1) is 12.8. The van der Waals surface area contributed by atoms with E-state index in [1.54, 1.807) is 6.26 Å². The predicted molar refractivity (Wildman–Crippen MR) is 121 cm³/mol. The van der Waals surface area contributed by atoms with Gasteiger partial charge in [0.2, 0.25) is 0 Å². The Morgan fingerprint density at radius 1 is 1.07 bits per heavy atom. The number of furan rings is 1. The van der Waals surface area contributed by atoms with Crippen molar-refractivity contribution in [1.82, 2.24) is 15.5 Å². The second kappa shape index (κ2) is 10.1. The van der Waals surface area contributed by atoms with Gasteiger partial charge in [-0.25, -0.2) is 0 Å². The Bertz CT molecular complexity index is 571. The van der Waals surface area contributed by atoms with E-state index in [0.29, 0.717) is 12.1 Å². The summed E-state index contributed by atoms with van der Waals surface area (Å²) in [6.07, 6.45) is 14.4. The fourth-order valence-corrected chi connectivity index (χ4v) is 5.06. The SMILES string of the molecule is CN1C2CCCC1CC(NC(=NCCc1ccco1)NC1CCCC1)C2.I. The number of hydrogen-bond acceptors (Lipinski definition) is 3. The Labute approximate surface area is 180 Å². The van der Waals surface area contributed by atoms with E-state index >= 15 is 0 Å². The lowest BCUT2D eigenvalue weighted by atomic mass is 9.82. The molecular formula is C21H35IN4O. The highest BCUT2D eigenvalue weighted by Gasteiger charge is 2.36. The number of guanidine groups is 1. The molecule has 5 nitrogen and oxygen atoms in total. The van der Waals surface area contributed by atoms with Crippen LogP contribution in [0, 0.1) is 0 Å². The fraction of sp³-hybridized carbons (Fsp3) is 0.762. The third-order valence-corrected chi connectivity index (χ3v) is 6.58. The molecule has 1 saturated carbocycles. The van der Waals surface area contributed by atoms with E-state index in [2.05, 4.69) is 22.6 Å². The van der Waals surface area contributed by atoms with Gasteiger partial charge in [0.25, 0.3) is 0 Å². The number of hydrogen-bond donors (Lipinski definition) is 2. The second-order valence-corrected chi connectivity index (χ2v) is 8.40. The molecule has 2 saturated heterocycles. The lowest BCUT2D eigenvalue weighted by Crippen LogP contribution is -2.57. The molecule has 1 aromatic rings. The lowest BCUT2D eigenvalue weighted by molar-refractivity contribution is 0.0526. The predicted octanol–water partition coefficient (Wildman–Crippen LogP) is 3.93. The maximum absolute atomic E-state index is 5.45. The lowest BCUT2D eigenvalue weighted by Gasteiger charge is -2.47. The van der Waals surface area contributed by atoms with Crippen molar-refractivity contribution in [1.29, 1.82) is 0 Å². The summed E-state index contributed by atoms with van der Waals surface area (Å²) in [5.41, 5.74) is 0. The van der Waals surface area contributed by atoms with Crippen LogP contribution >= 0.6 is 24.0 Å². The van der Waals surface area contributed by atoms with Crippen LogP contribution in [-0.2, 0) is 6.42 Å². The molecule has 1 aliphatic carbocycles. The van der Waals surface area contributed by atoms with E-state index in [1.807, 2.05) is 12.1 Å². The van der Waals surface area contributed by atoms with Crippen LogP contribution in [0.3, 0.4) is 0 Å². The molecule has 1 aromatic heterocycles. The topological polar surface area (TPSA) is 52.8 Å². The van der Waals surface area contributed by atoms with Crippen LogP contribution in [0.1, 0.15) is 63.5 Å². The standard InChI is InChI=1S/C21H34N4O.HI/c1-25-18-8-4-9-19(25)15-17(14-18)24-21(23-16-6-2-3-7-16)22-12-11-20-10-5-13-26-20;/h5,10,13,16-19H,2-4,6-9,11-12,14-15H2,1H3,(H2,22,23,24);1H. The minimum absolute atomic E-state index is 0. The largest absolute Gasteiger partial charge is 0.469 e. The quantitative estimate of drug-likeness (QED) is 0.376. The van der Waals surface area contributed by atoms with Gasteiger partial charge >= 0.3 is 0 Å². The molecule has 3 fully saturated rings. The summed E-state index contributed by atoms with van der Waals surface area (Å²) in [5, 5.41) is 7.51. The van der Waals surface area contributed by atoms with Crippen molar-refractivity contribution < 1.29 is 4.42 Å². The molecule has 0 amide bonds. The number of aliphatic imine (C=N–C) groups is 1. The minimum atomic E-state index is 0. The molecule has 2 unspecified atom stereocenters. The Kier molecular flexibility index (Phi) is 7.87. The molecule has 0 radical (unpaired) electrons. The summed E-state index contributed by atoms with van der Waals surface area (Å²) in [6, 6.07) is 6.62. The zero-order valence-corrected chi connectivity index (χ0v) is 18.9. The van der Waals surface area contributed by atoms with Gasteiger partial charge in [-0.3, -0.25) is 4.99 Å². The number of nitrogens with zero attached hydrogens (tertiary/aromatic N) is 2. The number of piperidine rings is 2. The molecular weight excluding hydrogens is 451 g/mol. The second-order valence-electron chi connectivity index (χ2n) is 8.40. The number of nitrogens with one attached hydrogen (secondary N) is 2. The van der Waals surface area contributed by atoms with E-state index in [1.165, 1.54) is 57.8 Å². The van der Waals surface area contributed by atoms with Gasteiger partial charge < -0.3 is 20.0 Å². The van der Waals surface area contributed by atoms with Gasteiger partial charge in [-0.2, -0.15) is 0 Å². The third kappa shape index (κ3) is 5.62. The van der Waals surface area contributed by atoms with Crippen LogP contribution in [0.15, 0.2) is 27.8 Å². The highest BCUT2D eigenvalue weighted by atomic mass is 127.